The number of hydrogen-bond acceptors (Lipinski definition) is 5. The van der Waals surface area contributed by atoms with E-state index in [4.69, 9.17) is 5.11 Å². The lowest BCUT2D eigenvalue weighted by molar-refractivity contribution is -0.137. The molecule has 0 aromatic heterocycles. The lowest BCUT2D eigenvalue weighted by Crippen LogP contribution is -2.30. The Balaban J connectivity index is 2.29. The molecule has 0 atom stereocenters. The number of ether oxygens (including phenoxy) is 1. The summed E-state index contributed by atoms with van der Waals surface area (Å²) in [6.07, 6.45) is -4.95. The fourth-order valence-corrected chi connectivity index (χ4v) is 1.87. The Labute approximate surface area is 124 Å². The number of benzene rings is 1. The van der Waals surface area contributed by atoms with Crippen LogP contribution in [0.4, 0.5) is 23.7 Å². The molecule has 0 aliphatic carbocycles. The Kier molecular flexibility index (Phi) is 4.86. The zero-order chi connectivity index (χ0) is 16.2. The number of nitrogens with zero attached hydrogens (tertiary/aromatic N) is 1. The molecule has 0 unspecified atom stereocenters. The van der Waals surface area contributed by atoms with Crippen molar-refractivity contribution < 1.29 is 27.8 Å². The lowest BCUT2D eigenvalue weighted by atomic mass is 10.0. The predicted molar refractivity (Wildman–Crippen MR) is 72.7 cm³/mol. The molecule has 22 heavy (non-hydrogen) atoms. The molecule has 0 saturated carbocycles. The number of anilines is 1. The van der Waals surface area contributed by atoms with E-state index in [1.54, 1.807) is 0 Å². The van der Waals surface area contributed by atoms with Crippen molar-refractivity contribution in [1.29, 1.82) is 0 Å². The van der Waals surface area contributed by atoms with Crippen LogP contribution in [0.2, 0.25) is 0 Å². The third kappa shape index (κ3) is 3.88. The standard InChI is InChI=1S/C13H14F3N3O3/c14-13(15,16)9-6-8(11-7-22-12(21)19-18-11)2-3-10(9)17-4-1-5-20/h2-3,6,17,20H,1,4-5,7H2,(H,19,21). The average Bonchev–Trinajstić information content (AvgIpc) is 2.47. The molecule has 1 aromatic carbocycles. The minimum absolute atomic E-state index is 0.0777. The molecule has 1 aliphatic rings. The topological polar surface area (TPSA) is 83.0 Å². The van der Waals surface area contributed by atoms with Crippen LogP contribution in [0, 0.1) is 0 Å². The van der Waals surface area contributed by atoms with Gasteiger partial charge in [-0.15, -0.1) is 0 Å². The molecule has 1 amide bonds. The average molecular weight is 317 g/mol. The van der Waals surface area contributed by atoms with Gasteiger partial charge in [-0.2, -0.15) is 18.3 Å². The van der Waals surface area contributed by atoms with Crippen LogP contribution in [-0.4, -0.2) is 36.7 Å². The summed E-state index contributed by atoms with van der Waals surface area (Å²) in [5.41, 5.74) is 1.53. The van der Waals surface area contributed by atoms with E-state index in [0.29, 0.717) is 6.42 Å². The number of carbonyl (C=O) groups excluding carboxylic acids is 1. The summed E-state index contributed by atoms with van der Waals surface area (Å²) < 4.78 is 44.1. The van der Waals surface area contributed by atoms with E-state index >= 15 is 0 Å². The van der Waals surface area contributed by atoms with Gasteiger partial charge in [0.2, 0.25) is 0 Å². The minimum atomic E-state index is -4.54. The number of cyclic esters (lactones) is 1. The van der Waals surface area contributed by atoms with Crippen LogP contribution in [0.3, 0.4) is 0 Å². The van der Waals surface area contributed by atoms with Crippen LogP contribution < -0.4 is 10.7 Å². The number of halogens is 3. The summed E-state index contributed by atoms with van der Waals surface area (Å²) in [5.74, 6) is 0. The Bertz CT molecular complexity index is 588. The number of hydrogen-bond donors (Lipinski definition) is 3. The molecule has 1 heterocycles. The van der Waals surface area contributed by atoms with Crippen molar-refractivity contribution >= 4 is 17.5 Å². The molecule has 9 heteroatoms. The summed E-state index contributed by atoms with van der Waals surface area (Å²) in [6, 6.07) is 3.69. The summed E-state index contributed by atoms with van der Waals surface area (Å²) >= 11 is 0. The summed E-state index contributed by atoms with van der Waals surface area (Å²) in [4.78, 5) is 10.8. The van der Waals surface area contributed by atoms with Crippen LogP contribution in [0.25, 0.3) is 0 Å². The van der Waals surface area contributed by atoms with E-state index in [-0.39, 0.29) is 36.7 Å². The van der Waals surface area contributed by atoms with E-state index in [2.05, 4.69) is 15.2 Å². The van der Waals surface area contributed by atoms with Crippen LogP contribution >= 0.6 is 0 Å². The number of aliphatic hydroxyl groups excluding tert-OH is 1. The van der Waals surface area contributed by atoms with Crippen LogP contribution in [0.1, 0.15) is 17.5 Å². The van der Waals surface area contributed by atoms with Gasteiger partial charge in [-0.3, -0.25) is 0 Å². The highest BCUT2D eigenvalue weighted by Crippen LogP contribution is 2.35. The molecular weight excluding hydrogens is 303 g/mol. The Hall–Kier alpha value is -2.29. The number of rotatable bonds is 5. The van der Waals surface area contributed by atoms with Gasteiger partial charge in [-0.25, -0.2) is 10.2 Å². The second-order valence-electron chi connectivity index (χ2n) is 4.51. The molecule has 6 nitrogen and oxygen atoms in total. The second-order valence-corrected chi connectivity index (χ2v) is 4.51. The maximum Gasteiger partial charge on any atom is 0.428 e. The smallest absolute Gasteiger partial charge is 0.428 e. The number of nitrogens with one attached hydrogen (secondary N) is 2. The van der Waals surface area contributed by atoms with E-state index in [1.165, 1.54) is 12.1 Å². The molecular formula is C13H14F3N3O3. The fourth-order valence-electron chi connectivity index (χ4n) is 1.87. The van der Waals surface area contributed by atoms with E-state index in [9.17, 15) is 18.0 Å². The molecule has 120 valence electrons. The number of carbonyl (C=O) groups is 1. The van der Waals surface area contributed by atoms with Gasteiger partial charge in [-0.1, -0.05) is 6.07 Å². The van der Waals surface area contributed by atoms with Gasteiger partial charge in [0.1, 0.15) is 12.3 Å². The van der Waals surface area contributed by atoms with Gasteiger partial charge in [0.15, 0.2) is 0 Å². The highest BCUT2D eigenvalue weighted by atomic mass is 19.4. The quantitative estimate of drug-likeness (QED) is 0.725. The van der Waals surface area contributed by atoms with E-state index < -0.39 is 17.8 Å². The molecule has 3 N–H and O–H groups in total. The molecule has 0 spiro atoms. The summed E-state index contributed by atoms with van der Waals surface area (Å²) in [7, 11) is 0. The maximum atomic E-state index is 13.1. The molecule has 0 radical (unpaired) electrons. The Morgan fingerprint density at radius 2 is 2.18 bits per heavy atom. The van der Waals surface area contributed by atoms with Crippen LogP contribution in [0.5, 0.6) is 0 Å². The summed E-state index contributed by atoms with van der Waals surface area (Å²) in [5, 5.41) is 15.0. The van der Waals surface area contributed by atoms with Gasteiger partial charge < -0.3 is 15.2 Å². The van der Waals surface area contributed by atoms with Gasteiger partial charge in [-0.05, 0) is 18.6 Å². The van der Waals surface area contributed by atoms with Gasteiger partial charge in [0.05, 0.1) is 5.56 Å². The van der Waals surface area contributed by atoms with E-state index in [1.807, 2.05) is 5.43 Å². The largest absolute Gasteiger partial charge is 0.442 e. The Morgan fingerprint density at radius 1 is 1.41 bits per heavy atom. The first-order chi connectivity index (χ1) is 10.4. The Morgan fingerprint density at radius 3 is 2.77 bits per heavy atom. The fraction of sp³-hybridized carbons (Fsp3) is 0.385. The maximum absolute atomic E-state index is 13.1. The third-order valence-corrected chi connectivity index (χ3v) is 2.93. The van der Waals surface area contributed by atoms with Crippen molar-refractivity contribution in [2.75, 3.05) is 25.1 Å². The SMILES string of the molecule is O=C1NN=C(c2ccc(NCCCO)c(C(F)(F)F)c2)CO1. The second kappa shape index (κ2) is 6.65. The van der Waals surface area contributed by atoms with Crippen molar-refractivity contribution in [1.82, 2.24) is 5.43 Å². The lowest BCUT2D eigenvalue weighted by Gasteiger charge is -2.18. The number of amides is 1. The van der Waals surface area contributed by atoms with Crippen molar-refractivity contribution in [3.8, 4) is 0 Å². The van der Waals surface area contributed by atoms with Gasteiger partial charge in [0, 0.05) is 24.4 Å². The molecule has 1 aromatic rings. The number of alkyl halides is 3. The minimum Gasteiger partial charge on any atom is -0.442 e. The molecule has 2 rings (SSSR count). The summed E-state index contributed by atoms with van der Waals surface area (Å²) in [6.45, 7) is -0.0836. The predicted octanol–water partition coefficient (Wildman–Crippen LogP) is 1.94. The normalized spacial score (nSPS) is 14.9. The zero-order valence-corrected chi connectivity index (χ0v) is 11.4. The first-order valence-electron chi connectivity index (χ1n) is 6.47. The van der Waals surface area contributed by atoms with Crippen molar-refractivity contribution in [3.63, 3.8) is 0 Å². The first kappa shape index (κ1) is 16.1. The van der Waals surface area contributed by atoms with Gasteiger partial charge >= 0.3 is 12.3 Å². The van der Waals surface area contributed by atoms with Crippen LogP contribution in [0.15, 0.2) is 23.3 Å². The highest BCUT2D eigenvalue weighted by molar-refractivity contribution is 6.04. The zero-order valence-electron chi connectivity index (χ0n) is 11.4. The number of hydrazone groups is 1. The third-order valence-electron chi connectivity index (χ3n) is 2.93. The van der Waals surface area contributed by atoms with Crippen molar-refractivity contribution in [3.05, 3.63) is 29.3 Å². The monoisotopic (exact) mass is 317 g/mol. The molecule has 0 saturated heterocycles. The first-order valence-corrected chi connectivity index (χ1v) is 6.47. The van der Waals surface area contributed by atoms with Crippen molar-refractivity contribution in [2.24, 2.45) is 5.10 Å². The van der Waals surface area contributed by atoms with E-state index in [0.717, 1.165) is 6.07 Å². The highest BCUT2D eigenvalue weighted by Gasteiger charge is 2.34. The van der Waals surface area contributed by atoms with Gasteiger partial charge in [0.25, 0.3) is 0 Å². The van der Waals surface area contributed by atoms with Crippen LogP contribution in [-0.2, 0) is 10.9 Å². The molecule has 0 fully saturated rings. The molecule has 0 bridgehead atoms. The van der Waals surface area contributed by atoms with Crippen molar-refractivity contribution in [2.45, 2.75) is 12.6 Å². The number of aliphatic hydroxyl groups is 1. The molecule has 1 aliphatic heterocycles.